The van der Waals surface area contributed by atoms with E-state index in [0.29, 0.717) is 0 Å². The van der Waals surface area contributed by atoms with Gasteiger partial charge in [0.05, 0.1) is 17.3 Å². The monoisotopic (exact) mass is 300 g/mol. The van der Waals surface area contributed by atoms with Crippen LogP contribution in [0, 0.1) is 0 Å². The Morgan fingerprint density at radius 1 is 0.905 bits per heavy atom. The predicted octanol–water partition coefficient (Wildman–Crippen LogP) is 3.29. The molecule has 4 N–H and O–H groups in total. The quantitative estimate of drug-likeness (QED) is 0.433. The molecular formula is C15H13N2O3P. The number of benzene rings is 2. The van der Waals surface area contributed by atoms with Crippen molar-refractivity contribution in [1.82, 2.24) is 4.98 Å². The number of hydrogen-bond acceptors (Lipinski definition) is 5. The van der Waals surface area contributed by atoms with E-state index < -0.39 is 8.53 Å². The first kappa shape index (κ1) is 13.9. The van der Waals surface area contributed by atoms with Gasteiger partial charge in [-0.15, -0.1) is 0 Å². The highest BCUT2D eigenvalue weighted by molar-refractivity contribution is 7.42. The average molecular weight is 300 g/mol. The van der Waals surface area contributed by atoms with Gasteiger partial charge in [-0.2, -0.15) is 0 Å². The first-order valence-electron chi connectivity index (χ1n) is 6.24. The van der Waals surface area contributed by atoms with Crippen molar-refractivity contribution in [2.24, 2.45) is 5.50 Å². The van der Waals surface area contributed by atoms with Gasteiger partial charge in [0.15, 0.2) is 0 Å². The van der Waals surface area contributed by atoms with Gasteiger partial charge in [-0.25, -0.2) is 4.98 Å². The van der Waals surface area contributed by atoms with Crippen LogP contribution in [-0.4, -0.2) is 14.8 Å². The van der Waals surface area contributed by atoms with E-state index in [0.717, 1.165) is 22.0 Å². The van der Waals surface area contributed by atoms with E-state index in [-0.39, 0.29) is 0 Å². The number of fused-ring (bicyclic) bond motifs is 5. The summed E-state index contributed by atoms with van der Waals surface area (Å²) in [5.41, 5.74) is 7.23. The van der Waals surface area contributed by atoms with Crippen LogP contribution in [0.2, 0.25) is 0 Å². The number of nitrogens with zero attached hydrogens (tertiary/aromatic N) is 1. The molecule has 0 saturated heterocycles. The second-order valence-corrected chi connectivity index (χ2v) is 5.08. The van der Waals surface area contributed by atoms with Gasteiger partial charge >= 0.3 is 0 Å². The Kier molecular flexibility index (Phi) is 3.82. The van der Waals surface area contributed by atoms with E-state index in [9.17, 15) is 0 Å². The highest BCUT2D eigenvalue weighted by atomic mass is 31.2. The van der Waals surface area contributed by atoms with Gasteiger partial charge in [0.25, 0.3) is 0 Å². The Balaban J connectivity index is 0.000000298. The zero-order valence-electron chi connectivity index (χ0n) is 11.0. The Hall–Kier alpha value is -2.04. The molecule has 0 atom stereocenters. The molecule has 0 saturated carbocycles. The molecule has 106 valence electrons. The standard InChI is InChI=1S/C15H9NO.H4NO2P/c1-2-6-13-10(4-1)11-7-8-14-12(15(11)16-13)5-3-9-17-14;1-4(2)3/h1-9H;2-3H,1H2. The molecule has 2 heterocycles. The van der Waals surface area contributed by atoms with E-state index in [2.05, 4.69) is 22.6 Å². The molecule has 21 heavy (non-hydrogen) atoms. The Labute approximate surface area is 121 Å². The minimum atomic E-state index is -2.12. The minimum Gasteiger partial charge on any atom is -0.464 e. The summed E-state index contributed by atoms with van der Waals surface area (Å²) >= 11 is 0. The number of para-hydroxylation sites is 1. The summed E-state index contributed by atoms with van der Waals surface area (Å²) in [6.45, 7) is 0. The molecule has 0 unspecified atom stereocenters. The lowest BCUT2D eigenvalue weighted by atomic mass is 10.1. The summed E-state index contributed by atoms with van der Waals surface area (Å²) in [6.07, 6.45) is 1.69. The third kappa shape index (κ3) is 2.73. The zero-order valence-corrected chi connectivity index (χ0v) is 11.9. The van der Waals surface area contributed by atoms with Crippen molar-refractivity contribution in [3.05, 3.63) is 54.8 Å². The Morgan fingerprint density at radius 2 is 1.62 bits per heavy atom. The average Bonchev–Trinajstić information content (AvgIpc) is 2.86. The fourth-order valence-electron chi connectivity index (χ4n) is 2.36. The van der Waals surface area contributed by atoms with Crippen LogP contribution in [0.3, 0.4) is 0 Å². The predicted molar refractivity (Wildman–Crippen MR) is 84.6 cm³/mol. The first-order valence-corrected chi connectivity index (χ1v) is 7.56. The summed E-state index contributed by atoms with van der Waals surface area (Å²) < 4.78 is 5.48. The molecular weight excluding hydrogens is 287 g/mol. The second-order valence-electron chi connectivity index (χ2n) is 4.44. The van der Waals surface area contributed by atoms with Crippen LogP contribution in [0.4, 0.5) is 0 Å². The first-order chi connectivity index (χ1) is 10.2. The fraction of sp³-hybridized carbons (Fsp3) is 0. The van der Waals surface area contributed by atoms with Gasteiger partial charge in [0.2, 0.25) is 8.53 Å². The molecule has 5 nitrogen and oxygen atoms in total. The summed E-state index contributed by atoms with van der Waals surface area (Å²) in [4.78, 5) is 19.6. The van der Waals surface area contributed by atoms with Crippen LogP contribution in [0.1, 0.15) is 0 Å². The van der Waals surface area contributed by atoms with Crippen LogP contribution in [0.25, 0.3) is 32.8 Å². The maximum absolute atomic E-state index is 7.45. The van der Waals surface area contributed by atoms with Crippen molar-refractivity contribution in [3.8, 4) is 0 Å². The molecule has 0 bridgehead atoms. The lowest BCUT2D eigenvalue weighted by Crippen LogP contribution is -1.78. The van der Waals surface area contributed by atoms with E-state index in [1.54, 1.807) is 6.26 Å². The van der Waals surface area contributed by atoms with Crippen molar-refractivity contribution in [1.29, 1.82) is 0 Å². The summed E-state index contributed by atoms with van der Waals surface area (Å²) in [6, 6.07) is 16.2. The van der Waals surface area contributed by atoms with Crippen molar-refractivity contribution in [2.75, 3.05) is 0 Å². The number of rotatable bonds is 0. The fourth-order valence-corrected chi connectivity index (χ4v) is 2.36. The molecule has 0 aliphatic heterocycles. The van der Waals surface area contributed by atoms with Crippen LogP contribution >= 0.6 is 8.53 Å². The van der Waals surface area contributed by atoms with Crippen molar-refractivity contribution in [2.45, 2.75) is 0 Å². The zero-order chi connectivity index (χ0) is 14.8. The third-order valence-electron chi connectivity index (χ3n) is 3.14. The Morgan fingerprint density at radius 3 is 2.43 bits per heavy atom. The van der Waals surface area contributed by atoms with Gasteiger partial charge in [-0.3, -0.25) is 5.50 Å². The van der Waals surface area contributed by atoms with Crippen molar-refractivity contribution >= 4 is 41.3 Å². The molecule has 2 aromatic carbocycles. The molecule has 0 radical (unpaired) electrons. The van der Waals surface area contributed by atoms with Crippen molar-refractivity contribution in [3.63, 3.8) is 0 Å². The SMILES string of the molecule is NP(O)O.c1ccc2c(c1)nc1c3cccoc3ccc21. The molecule has 0 aliphatic carbocycles. The molecule has 6 heteroatoms. The number of nitrogens with two attached hydrogens (primary N) is 1. The highest BCUT2D eigenvalue weighted by Crippen LogP contribution is 2.30. The number of aromatic nitrogens is 1. The molecule has 4 rings (SSSR count). The molecule has 4 aromatic rings. The summed E-state index contributed by atoms with van der Waals surface area (Å²) in [5, 5.41) is 3.46. The largest absolute Gasteiger partial charge is 0.464 e. The lowest BCUT2D eigenvalue weighted by molar-refractivity contribution is 0.485. The van der Waals surface area contributed by atoms with Crippen LogP contribution < -0.4 is 5.50 Å². The summed E-state index contributed by atoms with van der Waals surface area (Å²) in [5.74, 6) is 0. The highest BCUT2D eigenvalue weighted by Gasteiger charge is 2.08. The van der Waals surface area contributed by atoms with Gasteiger partial charge in [-0.1, -0.05) is 18.2 Å². The lowest BCUT2D eigenvalue weighted by Gasteiger charge is -1.97. The maximum atomic E-state index is 7.45. The van der Waals surface area contributed by atoms with Crippen LogP contribution in [-0.2, 0) is 0 Å². The molecule has 0 amide bonds. The maximum Gasteiger partial charge on any atom is 0.247 e. The van der Waals surface area contributed by atoms with E-state index in [1.807, 2.05) is 36.4 Å². The summed E-state index contributed by atoms with van der Waals surface area (Å²) in [7, 11) is -2.12. The second kappa shape index (κ2) is 5.76. The molecule has 0 aliphatic rings. The van der Waals surface area contributed by atoms with E-state index in [1.165, 1.54) is 10.8 Å². The Bertz CT molecular complexity index is 902. The minimum absolute atomic E-state index is 0.878. The van der Waals surface area contributed by atoms with Gasteiger partial charge in [0, 0.05) is 16.2 Å². The normalized spacial score (nSPS) is 11.0. The van der Waals surface area contributed by atoms with Gasteiger partial charge < -0.3 is 14.2 Å². The van der Waals surface area contributed by atoms with Gasteiger partial charge in [0.1, 0.15) is 5.58 Å². The topological polar surface area (TPSA) is 92.5 Å². The molecule has 0 spiro atoms. The number of hydrogen-bond donors (Lipinski definition) is 3. The third-order valence-corrected chi connectivity index (χ3v) is 3.14. The van der Waals surface area contributed by atoms with Crippen LogP contribution in [0.15, 0.2) is 59.2 Å². The van der Waals surface area contributed by atoms with E-state index in [4.69, 9.17) is 14.2 Å². The molecule has 0 fully saturated rings. The molecule has 2 aromatic heterocycles. The van der Waals surface area contributed by atoms with E-state index >= 15 is 0 Å². The van der Waals surface area contributed by atoms with Crippen molar-refractivity contribution < 1.29 is 14.2 Å². The van der Waals surface area contributed by atoms with Crippen LogP contribution in [0.5, 0.6) is 0 Å². The smallest absolute Gasteiger partial charge is 0.247 e. The van der Waals surface area contributed by atoms with Gasteiger partial charge in [-0.05, 0) is 30.3 Å².